The fourth-order valence-electron chi connectivity index (χ4n) is 1.82. The third-order valence-electron chi connectivity index (χ3n) is 2.87. The first-order valence-electron chi connectivity index (χ1n) is 5.23. The van der Waals surface area contributed by atoms with E-state index in [1.165, 1.54) is 7.11 Å². The zero-order valence-corrected chi connectivity index (χ0v) is 10.0. The van der Waals surface area contributed by atoms with E-state index in [2.05, 4.69) is 10.2 Å². The molecule has 2 rings (SSSR count). The van der Waals surface area contributed by atoms with E-state index < -0.39 is 0 Å². The lowest BCUT2D eigenvalue weighted by Gasteiger charge is -2.13. The summed E-state index contributed by atoms with van der Waals surface area (Å²) in [6.07, 6.45) is 0. The first-order chi connectivity index (χ1) is 8.04. The van der Waals surface area contributed by atoms with Crippen LogP contribution in [0.3, 0.4) is 0 Å². The predicted molar refractivity (Wildman–Crippen MR) is 66.1 cm³/mol. The van der Waals surface area contributed by atoms with Crippen LogP contribution in [0.25, 0.3) is 11.3 Å². The molecule has 0 spiro atoms. The van der Waals surface area contributed by atoms with Gasteiger partial charge in [-0.3, -0.25) is 5.10 Å². The predicted octanol–water partition coefficient (Wildman–Crippen LogP) is 1.99. The van der Waals surface area contributed by atoms with Crippen molar-refractivity contribution in [1.29, 1.82) is 0 Å². The molecule has 0 aliphatic heterocycles. The number of anilines is 1. The van der Waals surface area contributed by atoms with Gasteiger partial charge in [-0.2, -0.15) is 5.10 Å². The highest BCUT2D eigenvalue weighted by molar-refractivity contribution is 5.76. The van der Waals surface area contributed by atoms with Crippen LogP contribution in [0.15, 0.2) is 12.1 Å². The fraction of sp³-hybridized carbons (Fsp3) is 0.250. The van der Waals surface area contributed by atoms with Crippen molar-refractivity contribution in [3.8, 4) is 22.8 Å². The summed E-state index contributed by atoms with van der Waals surface area (Å²) in [6, 6.07) is 3.48. The fourth-order valence-corrected chi connectivity index (χ4v) is 1.82. The van der Waals surface area contributed by atoms with Crippen molar-refractivity contribution >= 4 is 5.82 Å². The Bertz CT molecular complexity index is 561. The Hall–Kier alpha value is -2.17. The summed E-state index contributed by atoms with van der Waals surface area (Å²) in [7, 11) is 1.52. The van der Waals surface area contributed by atoms with Gasteiger partial charge in [-0.15, -0.1) is 0 Å². The molecule has 0 bridgehead atoms. The number of aromatic hydroxyl groups is 1. The summed E-state index contributed by atoms with van der Waals surface area (Å²) in [5.41, 5.74) is 8.92. The Morgan fingerprint density at radius 1 is 1.35 bits per heavy atom. The van der Waals surface area contributed by atoms with Crippen molar-refractivity contribution in [2.75, 3.05) is 12.8 Å². The average Bonchev–Trinajstić information content (AvgIpc) is 2.70. The van der Waals surface area contributed by atoms with Crippen molar-refractivity contribution in [1.82, 2.24) is 10.2 Å². The number of phenolic OH excluding ortho intramolecular Hbond substituents is 1. The number of H-pyrrole nitrogens is 1. The molecule has 17 heavy (non-hydrogen) atoms. The van der Waals surface area contributed by atoms with E-state index in [0.29, 0.717) is 22.8 Å². The molecule has 0 amide bonds. The van der Waals surface area contributed by atoms with Gasteiger partial charge < -0.3 is 15.6 Å². The molecule has 5 nitrogen and oxygen atoms in total. The number of benzene rings is 1. The van der Waals surface area contributed by atoms with Gasteiger partial charge in [-0.25, -0.2) is 0 Å². The molecule has 0 atom stereocenters. The summed E-state index contributed by atoms with van der Waals surface area (Å²) in [6.45, 7) is 3.89. The van der Waals surface area contributed by atoms with Gasteiger partial charge in [0.2, 0.25) is 0 Å². The minimum atomic E-state index is 0.0965. The van der Waals surface area contributed by atoms with Crippen LogP contribution in [-0.4, -0.2) is 22.4 Å². The molecular formula is C12H15N3O2. The molecule has 1 aromatic heterocycles. The standard InChI is InChI=1S/C12H15N3O2/c1-6-4-9(17-3)12(16)11(7(6)2)8-5-10(13)15-14-8/h4-5,16H,1-3H3,(H3,13,14,15). The number of aromatic nitrogens is 2. The molecular weight excluding hydrogens is 218 g/mol. The Balaban J connectivity index is 2.71. The average molecular weight is 233 g/mol. The topological polar surface area (TPSA) is 84.2 Å². The lowest BCUT2D eigenvalue weighted by Crippen LogP contribution is -1.93. The van der Waals surface area contributed by atoms with E-state index in [4.69, 9.17) is 10.5 Å². The highest BCUT2D eigenvalue weighted by Crippen LogP contribution is 2.40. The number of nitrogens with zero attached hydrogens (tertiary/aromatic N) is 1. The van der Waals surface area contributed by atoms with Crippen LogP contribution in [0.2, 0.25) is 0 Å². The number of aryl methyl sites for hydroxylation is 1. The maximum atomic E-state index is 10.1. The summed E-state index contributed by atoms with van der Waals surface area (Å²) in [5.74, 6) is 0.926. The Morgan fingerprint density at radius 2 is 2.06 bits per heavy atom. The monoisotopic (exact) mass is 233 g/mol. The first kappa shape index (κ1) is 11.3. The summed E-state index contributed by atoms with van der Waals surface area (Å²) in [4.78, 5) is 0. The van der Waals surface area contributed by atoms with Crippen LogP contribution < -0.4 is 10.5 Å². The summed E-state index contributed by atoms with van der Waals surface area (Å²) >= 11 is 0. The van der Waals surface area contributed by atoms with Crippen molar-refractivity contribution in [2.45, 2.75) is 13.8 Å². The molecule has 0 fully saturated rings. The quantitative estimate of drug-likeness (QED) is 0.740. The first-order valence-corrected chi connectivity index (χ1v) is 5.23. The van der Waals surface area contributed by atoms with Gasteiger partial charge >= 0.3 is 0 Å². The molecule has 1 heterocycles. The van der Waals surface area contributed by atoms with Crippen LogP contribution in [0.4, 0.5) is 5.82 Å². The molecule has 0 aliphatic rings. The van der Waals surface area contributed by atoms with Crippen molar-refractivity contribution in [3.63, 3.8) is 0 Å². The Morgan fingerprint density at radius 3 is 2.59 bits per heavy atom. The van der Waals surface area contributed by atoms with Gasteiger partial charge in [0, 0.05) is 11.6 Å². The Labute approximate surface area is 99.2 Å². The molecule has 0 radical (unpaired) electrons. The lowest BCUT2D eigenvalue weighted by atomic mass is 9.99. The molecule has 2 aromatic rings. The normalized spacial score (nSPS) is 10.5. The third kappa shape index (κ3) is 1.80. The smallest absolute Gasteiger partial charge is 0.167 e. The van der Waals surface area contributed by atoms with Crippen LogP contribution in [-0.2, 0) is 0 Å². The number of rotatable bonds is 2. The minimum Gasteiger partial charge on any atom is -0.504 e. The van der Waals surface area contributed by atoms with Crippen LogP contribution in [0.1, 0.15) is 11.1 Å². The lowest BCUT2D eigenvalue weighted by molar-refractivity contribution is 0.374. The number of hydrogen-bond donors (Lipinski definition) is 3. The second kappa shape index (κ2) is 4.01. The zero-order valence-electron chi connectivity index (χ0n) is 10.0. The van der Waals surface area contributed by atoms with E-state index >= 15 is 0 Å². The highest BCUT2D eigenvalue weighted by Gasteiger charge is 2.16. The molecule has 0 saturated heterocycles. The van der Waals surface area contributed by atoms with Gasteiger partial charge in [0.25, 0.3) is 0 Å². The molecule has 0 unspecified atom stereocenters. The van der Waals surface area contributed by atoms with Crippen LogP contribution in [0.5, 0.6) is 11.5 Å². The van der Waals surface area contributed by atoms with E-state index in [1.807, 2.05) is 13.8 Å². The summed E-state index contributed by atoms with van der Waals surface area (Å²) in [5, 5.41) is 16.8. The number of aromatic amines is 1. The number of ether oxygens (including phenoxy) is 1. The number of hydrogen-bond acceptors (Lipinski definition) is 4. The number of methoxy groups -OCH3 is 1. The largest absolute Gasteiger partial charge is 0.504 e. The number of phenols is 1. The van der Waals surface area contributed by atoms with Crippen LogP contribution in [0, 0.1) is 13.8 Å². The van der Waals surface area contributed by atoms with E-state index in [0.717, 1.165) is 11.1 Å². The minimum absolute atomic E-state index is 0.0965. The van der Waals surface area contributed by atoms with Crippen molar-refractivity contribution < 1.29 is 9.84 Å². The molecule has 90 valence electrons. The Kier molecular flexibility index (Phi) is 2.67. The summed E-state index contributed by atoms with van der Waals surface area (Å²) < 4.78 is 5.13. The van der Waals surface area contributed by atoms with Gasteiger partial charge in [0.05, 0.1) is 12.8 Å². The SMILES string of the molecule is COc1cc(C)c(C)c(-c2cc(N)n[nH]2)c1O. The van der Waals surface area contributed by atoms with Gasteiger partial charge in [0.15, 0.2) is 11.5 Å². The van der Waals surface area contributed by atoms with E-state index in [1.54, 1.807) is 12.1 Å². The van der Waals surface area contributed by atoms with Crippen molar-refractivity contribution in [2.24, 2.45) is 0 Å². The van der Waals surface area contributed by atoms with Crippen molar-refractivity contribution in [3.05, 3.63) is 23.3 Å². The van der Waals surface area contributed by atoms with E-state index in [9.17, 15) is 5.11 Å². The highest BCUT2D eigenvalue weighted by atomic mass is 16.5. The molecule has 4 N–H and O–H groups in total. The van der Waals surface area contributed by atoms with Gasteiger partial charge in [0.1, 0.15) is 5.82 Å². The second-order valence-electron chi connectivity index (χ2n) is 3.95. The third-order valence-corrected chi connectivity index (χ3v) is 2.87. The van der Waals surface area contributed by atoms with Gasteiger partial charge in [-0.1, -0.05) is 0 Å². The number of nitrogen functional groups attached to an aromatic ring is 1. The molecule has 5 heteroatoms. The maximum absolute atomic E-state index is 10.1. The number of nitrogens with one attached hydrogen (secondary N) is 1. The second-order valence-corrected chi connectivity index (χ2v) is 3.95. The molecule has 0 aliphatic carbocycles. The zero-order chi connectivity index (χ0) is 12.6. The molecule has 0 saturated carbocycles. The number of nitrogens with two attached hydrogens (primary N) is 1. The maximum Gasteiger partial charge on any atom is 0.167 e. The van der Waals surface area contributed by atoms with E-state index in [-0.39, 0.29) is 5.75 Å². The van der Waals surface area contributed by atoms with Crippen LogP contribution >= 0.6 is 0 Å². The molecule has 1 aromatic carbocycles. The van der Waals surface area contributed by atoms with Gasteiger partial charge in [-0.05, 0) is 31.0 Å².